The molecule has 2 heterocycles. The number of hydrogen-bond donors (Lipinski definition) is 1. The van der Waals surface area contributed by atoms with Crippen LogP contribution in [0.1, 0.15) is 40.9 Å². The molecule has 0 spiro atoms. The number of hydrogen-bond acceptors (Lipinski definition) is 6. The van der Waals surface area contributed by atoms with Gasteiger partial charge in [0.05, 0.1) is 21.6 Å². The number of fused-ring (bicyclic) bond motifs is 1. The zero-order valence-electron chi connectivity index (χ0n) is 15.8. The SMILES string of the molecule is CC[C@H](C(=O)Nc1nc2ccc(CC(=O)c3cscn3)cc2s1)c1ccccc1. The summed E-state index contributed by atoms with van der Waals surface area (Å²) in [6.45, 7) is 2.00. The lowest BCUT2D eigenvalue weighted by Crippen LogP contribution is -2.20. The third kappa shape index (κ3) is 4.41. The molecule has 0 bridgehead atoms. The molecule has 4 aromatic rings. The number of rotatable bonds is 7. The van der Waals surface area contributed by atoms with Gasteiger partial charge in [0, 0.05) is 11.8 Å². The van der Waals surface area contributed by atoms with E-state index >= 15 is 0 Å². The van der Waals surface area contributed by atoms with Crippen LogP contribution in [0.4, 0.5) is 5.13 Å². The van der Waals surface area contributed by atoms with Crippen molar-refractivity contribution in [3.63, 3.8) is 0 Å². The summed E-state index contributed by atoms with van der Waals surface area (Å²) < 4.78 is 0.941. The lowest BCUT2D eigenvalue weighted by atomic mass is 9.96. The van der Waals surface area contributed by atoms with E-state index in [4.69, 9.17) is 0 Å². The van der Waals surface area contributed by atoms with Crippen LogP contribution in [0.2, 0.25) is 0 Å². The second-order valence-corrected chi connectivity index (χ2v) is 8.40. The molecule has 0 saturated heterocycles. The Morgan fingerprint density at radius 3 is 2.69 bits per heavy atom. The predicted octanol–water partition coefficient (Wildman–Crippen LogP) is 5.31. The highest BCUT2D eigenvalue weighted by atomic mass is 32.1. The van der Waals surface area contributed by atoms with Gasteiger partial charge in [0.15, 0.2) is 10.9 Å². The standard InChI is InChI=1S/C22H19N3O2S2/c1-2-16(15-6-4-3-5-7-15)21(27)25-22-24-17-9-8-14(11-20(17)29-22)10-19(26)18-12-28-13-23-18/h3-9,11-13,16H,2,10H2,1H3,(H,24,25,27)/t16-/m0/s1. The van der Waals surface area contributed by atoms with Gasteiger partial charge in [-0.05, 0) is 29.7 Å². The highest BCUT2D eigenvalue weighted by Gasteiger charge is 2.20. The van der Waals surface area contributed by atoms with E-state index in [1.54, 1.807) is 10.9 Å². The monoisotopic (exact) mass is 421 g/mol. The van der Waals surface area contributed by atoms with Crippen LogP contribution in [0, 0.1) is 0 Å². The molecular formula is C22H19N3O2S2. The Hall–Kier alpha value is -2.90. The lowest BCUT2D eigenvalue weighted by molar-refractivity contribution is -0.117. The third-order valence-corrected chi connectivity index (χ3v) is 6.21. The summed E-state index contributed by atoms with van der Waals surface area (Å²) in [7, 11) is 0. The summed E-state index contributed by atoms with van der Waals surface area (Å²) in [6, 6.07) is 15.5. The first kappa shape index (κ1) is 19.4. The minimum atomic E-state index is -0.213. The maximum absolute atomic E-state index is 12.8. The van der Waals surface area contributed by atoms with E-state index in [9.17, 15) is 9.59 Å². The van der Waals surface area contributed by atoms with E-state index in [0.717, 1.165) is 21.3 Å². The summed E-state index contributed by atoms with van der Waals surface area (Å²) >= 11 is 2.83. The molecule has 4 rings (SSSR count). The van der Waals surface area contributed by atoms with Gasteiger partial charge in [0.25, 0.3) is 0 Å². The van der Waals surface area contributed by atoms with Gasteiger partial charge in [-0.25, -0.2) is 9.97 Å². The van der Waals surface area contributed by atoms with Crippen molar-refractivity contribution in [2.75, 3.05) is 5.32 Å². The van der Waals surface area contributed by atoms with Crippen molar-refractivity contribution in [2.24, 2.45) is 0 Å². The summed E-state index contributed by atoms with van der Waals surface area (Å²) in [5, 5.41) is 5.29. The Morgan fingerprint density at radius 1 is 1.14 bits per heavy atom. The van der Waals surface area contributed by atoms with Crippen molar-refractivity contribution in [3.05, 3.63) is 76.2 Å². The Bertz CT molecular complexity index is 1140. The predicted molar refractivity (Wildman–Crippen MR) is 118 cm³/mol. The molecule has 0 aliphatic carbocycles. The van der Waals surface area contributed by atoms with Crippen molar-refractivity contribution in [3.8, 4) is 0 Å². The quantitative estimate of drug-likeness (QED) is 0.411. The van der Waals surface area contributed by atoms with Crippen LogP contribution in [0.15, 0.2) is 59.4 Å². The molecule has 0 aliphatic rings. The van der Waals surface area contributed by atoms with Crippen LogP contribution in [-0.2, 0) is 11.2 Å². The smallest absolute Gasteiger partial charge is 0.233 e. The van der Waals surface area contributed by atoms with Gasteiger partial charge >= 0.3 is 0 Å². The Labute approximate surface area is 176 Å². The van der Waals surface area contributed by atoms with Crippen LogP contribution < -0.4 is 5.32 Å². The van der Waals surface area contributed by atoms with Gasteiger partial charge in [-0.1, -0.05) is 54.7 Å². The number of nitrogens with one attached hydrogen (secondary N) is 1. The maximum Gasteiger partial charge on any atom is 0.233 e. The number of anilines is 1. The largest absolute Gasteiger partial charge is 0.301 e. The number of carbonyl (C=O) groups is 2. The third-order valence-electron chi connectivity index (χ3n) is 4.69. The summed E-state index contributed by atoms with van der Waals surface area (Å²) in [4.78, 5) is 33.6. The first-order valence-electron chi connectivity index (χ1n) is 9.30. The van der Waals surface area contributed by atoms with Gasteiger partial charge < -0.3 is 5.32 Å². The van der Waals surface area contributed by atoms with Gasteiger partial charge in [-0.2, -0.15) is 0 Å². The molecule has 7 heteroatoms. The van der Waals surface area contributed by atoms with E-state index in [2.05, 4.69) is 15.3 Å². The molecule has 1 atom stereocenters. The summed E-state index contributed by atoms with van der Waals surface area (Å²) in [5.74, 6) is -0.275. The zero-order valence-corrected chi connectivity index (χ0v) is 17.4. The molecule has 0 unspecified atom stereocenters. The van der Waals surface area contributed by atoms with Crippen LogP contribution in [0.5, 0.6) is 0 Å². The highest BCUT2D eigenvalue weighted by molar-refractivity contribution is 7.22. The molecule has 0 fully saturated rings. The second-order valence-electron chi connectivity index (χ2n) is 6.66. The van der Waals surface area contributed by atoms with Crippen molar-refractivity contribution in [1.82, 2.24) is 9.97 Å². The fourth-order valence-corrected chi connectivity index (χ4v) is 4.70. The van der Waals surface area contributed by atoms with E-state index in [0.29, 0.717) is 23.7 Å². The van der Waals surface area contributed by atoms with Crippen LogP contribution >= 0.6 is 22.7 Å². The summed E-state index contributed by atoms with van der Waals surface area (Å²) in [5.41, 5.74) is 4.87. The number of ketones is 1. The minimum absolute atomic E-state index is 0.00251. The van der Waals surface area contributed by atoms with Crippen LogP contribution in [0.25, 0.3) is 10.2 Å². The van der Waals surface area contributed by atoms with Gasteiger partial charge in [-0.3, -0.25) is 9.59 Å². The number of carbonyl (C=O) groups excluding carboxylic acids is 2. The van der Waals surface area contributed by atoms with Crippen LogP contribution in [-0.4, -0.2) is 21.7 Å². The molecule has 5 nitrogen and oxygen atoms in total. The van der Waals surface area contributed by atoms with Crippen molar-refractivity contribution in [2.45, 2.75) is 25.7 Å². The average molecular weight is 422 g/mol. The number of aromatic nitrogens is 2. The Morgan fingerprint density at radius 2 is 1.97 bits per heavy atom. The van der Waals surface area contributed by atoms with Gasteiger partial charge in [0.1, 0.15) is 5.69 Å². The minimum Gasteiger partial charge on any atom is -0.301 e. The number of Topliss-reactive ketones (excluding diaryl/α,β-unsaturated/α-hetero) is 1. The lowest BCUT2D eigenvalue weighted by Gasteiger charge is -2.13. The van der Waals surface area contributed by atoms with E-state index in [1.807, 2.05) is 55.5 Å². The zero-order chi connectivity index (χ0) is 20.2. The fraction of sp³-hybridized carbons (Fsp3) is 0.182. The molecule has 146 valence electrons. The summed E-state index contributed by atoms with van der Waals surface area (Å²) in [6.07, 6.45) is 1.01. The van der Waals surface area contributed by atoms with E-state index in [-0.39, 0.29) is 17.6 Å². The maximum atomic E-state index is 12.8. The number of thiazole rings is 2. The molecule has 2 aromatic carbocycles. The molecule has 0 aliphatic heterocycles. The van der Waals surface area contributed by atoms with Crippen LogP contribution in [0.3, 0.4) is 0 Å². The van der Waals surface area contributed by atoms with E-state index < -0.39 is 0 Å². The molecular weight excluding hydrogens is 402 g/mol. The van der Waals surface area contributed by atoms with Gasteiger partial charge in [-0.15, -0.1) is 11.3 Å². The highest BCUT2D eigenvalue weighted by Crippen LogP contribution is 2.29. The number of amides is 1. The molecule has 0 saturated carbocycles. The van der Waals surface area contributed by atoms with Crippen molar-refractivity contribution >= 4 is 49.7 Å². The normalized spacial score (nSPS) is 12.0. The average Bonchev–Trinajstić information content (AvgIpc) is 3.38. The Balaban J connectivity index is 1.50. The number of nitrogens with zero attached hydrogens (tertiary/aromatic N) is 2. The molecule has 29 heavy (non-hydrogen) atoms. The van der Waals surface area contributed by atoms with Crippen molar-refractivity contribution < 1.29 is 9.59 Å². The molecule has 1 amide bonds. The van der Waals surface area contributed by atoms with Crippen molar-refractivity contribution in [1.29, 1.82) is 0 Å². The number of benzene rings is 2. The van der Waals surface area contributed by atoms with Gasteiger partial charge in [0.2, 0.25) is 5.91 Å². The Kier molecular flexibility index (Phi) is 5.78. The second kappa shape index (κ2) is 8.63. The van der Waals surface area contributed by atoms with E-state index in [1.165, 1.54) is 22.7 Å². The molecule has 2 aromatic heterocycles. The fourth-order valence-electron chi connectivity index (χ4n) is 3.21. The first-order chi connectivity index (χ1) is 14.1. The first-order valence-corrected chi connectivity index (χ1v) is 11.1. The topological polar surface area (TPSA) is 72.0 Å². The molecule has 1 N–H and O–H groups in total. The molecule has 0 radical (unpaired) electrons.